The van der Waals surface area contributed by atoms with Crippen LogP contribution in [0.4, 0.5) is 0 Å². The highest BCUT2D eigenvalue weighted by Crippen LogP contribution is 2.10. The van der Waals surface area contributed by atoms with Gasteiger partial charge in [0.2, 0.25) is 0 Å². The first-order valence-corrected chi connectivity index (χ1v) is 7.18. The summed E-state index contributed by atoms with van der Waals surface area (Å²) in [4.78, 5) is 10.8. The molecular weight excluding hydrogens is 230 g/mol. The van der Waals surface area contributed by atoms with Gasteiger partial charge in [-0.2, -0.15) is 0 Å². The van der Waals surface area contributed by atoms with Crippen molar-refractivity contribution in [1.29, 1.82) is 0 Å². The lowest BCUT2D eigenvalue weighted by Crippen LogP contribution is -2.37. The lowest BCUT2D eigenvalue weighted by atomic mass is 9.97. The minimum Gasteiger partial charge on any atom is -0.481 e. The average Bonchev–Trinajstić information content (AvgIpc) is 1.97. The van der Waals surface area contributed by atoms with Crippen molar-refractivity contribution < 1.29 is 18.3 Å². The van der Waals surface area contributed by atoms with Gasteiger partial charge in [-0.15, -0.1) is 0 Å². The van der Waals surface area contributed by atoms with E-state index in [0.717, 1.165) is 6.26 Å². The van der Waals surface area contributed by atoms with E-state index in [0.29, 0.717) is 6.54 Å². The molecule has 0 fully saturated rings. The molecule has 1 atom stereocenters. The first-order valence-electron chi connectivity index (χ1n) is 5.12. The number of rotatable bonds is 6. The zero-order valence-corrected chi connectivity index (χ0v) is 11.1. The first kappa shape index (κ1) is 15.4. The molecule has 0 radical (unpaired) electrons. The fraction of sp³-hybridized carbons (Fsp3) is 0.900. The molecule has 0 heterocycles. The lowest BCUT2D eigenvalue weighted by Gasteiger charge is -2.20. The van der Waals surface area contributed by atoms with Gasteiger partial charge in [0.15, 0.2) is 0 Å². The number of sulfone groups is 1. The van der Waals surface area contributed by atoms with E-state index in [4.69, 9.17) is 5.11 Å². The summed E-state index contributed by atoms with van der Waals surface area (Å²) < 4.78 is 22.0. The maximum Gasteiger partial charge on any atom is 0.308 e. The maximum atomic E-state index is 11.0. The quantitative estimate of drug-likeness (QED) is 0.712. The molecule has 0 aliphatic rings. The Kier molecular flexibility index (Phi) is 5.41. The SMILES string of the molecule is CC(C)(C)CNCC(CS(C)(=O)=O)C(=O)O. The molecule has 0 bridgehead atoms. The zero-order valence-electron chi connectivity index (χ0n) is 10.3. The van der Waals surface area contributed by atoms with Gasteiger partial charge >= 0.3 is 5.97 Å². The third kappa shape index (κ3) is 8.67. The van der Waals surface area contributed by atoms with Gasteiger partial charge in [0.05, 0.1) is 11.7 Å². The van der Waals surface area contributed by atoms with Crippen LogP contribution in [-0.2, 0) is 14.6 Å². The number of hydrogen-bond acceptors (Lipinski definition) is 4. The molecular formula is C10H21NO4S. The van der Waals surface area contributed by atoms with Crippen LogP contribution >= 0.6 is 0 Å². The van der Waals surface area contributed by atoms with Crippen molar-refractivity contribution in [3.63, 3.8) is 0 Å². The number of aliphatic carboxylic acids is 1. The number of carbonyl (C=O) groups is 1. The van der Waals surface area contributed by atoms with Crippen LogP contribution in [0.25, 0.3) is 0 Å². The van der Waals surface area contributed by atoms with E-state index in [1.165, 1.54) is 0 Å². The fourth-order valence-corrected chi connectivity index (χ4v) is 2.20. The molecule has 0 rings (SSSR count). The molecule has 6 heteroatoms. The Bertz CT molecular complexity index is 329. The number of hydrogen-bond donors (Lipinski definition) is 2. The summed E-state index contributed by atoms with van der Waals surface area (Å²) in [6.45, 7) is 6.89. The van der Waals surface area contributed by atoms with Crippen LogP contribution in [0.1, 0.15) is 20.8 Å². The first-order chi connectivity index (χ1) is 7.01. The van der Waals surface area contributed by atoms with E-state index < -0.39 is 21.7 Å². The molecule has 0 aliphatic carbocycles. The lowest BCUT2D eigenvalue weighted by molar-refractivity contribution is -0.140. The van der Waals surface area contributed by atoms with Gasteiger partial charge in [-0.3, -0.25) is 4.79 Å². The fourth-order valence-electron chi connectivity index (χ4n) is 1.20. The van der Waals surface area contributed by atoms with Crippen LogP contribution in [-0.4, -0.2) is 44.6 Å². The highest BCUT2D eigenvalue weighted by Gasteiger charge is 2.22. The van der Waals surface area contributed by atoms with Crippen LogP contribution in [0.15, 0.2) is 0 Å². The summed E-state index contributed by atoms with van der Waals surface area (Å²) in [6, 6.07) is 0. The predicted octanol–water partition coefficient (Wildman–Crippen LogP) is 0.368. The highest BCUT2D eigenvalue weighted by molar-refractivity contribution is 7.90. The van der Waals surface area contributed by atoms with Crippen LogP contribution < -0.4 is 5.32 Å². The molecule has 0 aromatic carbocycles. The summed E-state index contributed by atoms with van der Waals surface area (Å²) in [5.74, 6) is -2.27. The Hall–Kier alpha value is -0.620. The Morgan fingerprint density at radius 3 is 2.19 bits per heavy atom. The minimum atomic E-state index is -3.26. The van der Waals surface area contributed by atoms with Gasteiger partial charge in [0.1, 0.15) is 9.84 Å². The third-order valence-corrected chi connectivity index (χ3v) is 2.91. The van der Waals surface area contributed by atoms with Crippen LogP contribution in [0.2, 0.25) is 0 Å². The van der Waals surface area contributed by atoms with Gasteiger partial charge in [0, 0.05) is 19.3 Å². The molecule has 0 aromatic rings. The zero-order chi connectivity index (χ0) is 13.0. The summed E-state index contributed by atoms with van der Waals surface area (Å²) in [7, 11) is -3.26. The second-order valence-electron chi connectivity index (χ2n) is 5.32. The minimum absolute atomic E-state index is 0.0497. The molecule has 0 saturated heterocycles. The van der Waals surface area contributed by atoms with Crippen LogP contribution in [0.5, 0.6) is 0 Å². The van der Waals surface area contributed by atoms with Crippen molar-refractivity contribution in [2.75, 3.05) is 25.1 Å². The second-order valence-corrected chi connectivity index (χ2v) is 7.50. The van der Waals surface area contributed by atoms with Gasteiger partial charge < -0.3 is 10.4 Å². The van der Waals surface area contributed by atoms with Crippen molar-refractivity contribution in [2.24, 2.45) is 11.3 Å². The summed E-state index contributed by atoms with van der Waals surface area (Å²) >= 11 is 0. The van der Waals surface area contributed by atoms with Gasteiger partial charge in [0.25, 0.3) is 0 Å². The van der Waals surface area contributed by atoms with Crippen molar-refractivity contribution >= 4 is 15.8 Å². The molecule has 0 aliphatic heterocycles. The topological polar surface area (TPSA) is 83.5 Å². The molecule has 0 amide bonds. The molecule has 5 nitrogen and oxygen atoms in total. The maximum absolute atomic E-state index is 11.0. The largest absolute Gasteiger partial charge is 0.481 e. The Labute approximate surface area is 97.2 Å². The highest BCUT2D eigenvalue weighted by atomic mass is 32.2. The molecule has 2 N–H and O–H groups in total. The van der Waals surface area contributed by atoms with E-state index in [9.17, 15) is 13.2 Å². The average molecular weight is 251 g/mol. The smallest absolute Gasteiger partial charge is 0.308 e. The van der Waals surface area contributed by atoms with Crippen LogP contribution in [0.3, 0.4) is 0 Å². The Morgan fingerprint density at radius 2 is 1.88 bits per heavy atom. The van der Waals surface area contributed by atoms with Crippen molar-refractivity contribution in [3.05, 3.63) is 0 Å². The summed E-state index contributed by atoms with van der Waals surface area (Å²) in [6.07, 6.45) is 1.05. The summed E-state index contributed by atoms with van der Waals surface area (Å²) in [5, 5.41) is 11.8. The monoisotopic (exact) mass is 251 g/mol. The Morgan fingerprint density at radius 1 is 1.38 bits per heavy atom. The number of carboxylic acid groups (broad SMARTS) is 1. The Balaban J connectivity index is 4.22. The van der Waals surface area contributed by atoms with E-state index >= 15 is 0 Å². The molecule has 1 unspecified atom stereocenters. The molecule has 0 spiro atoms. The number of nitrogens with one attached hydrogen (secondary N) is 1. The second kappa shape index (κ2) is 5.63. The standard InChI is InChI=1S/C10H21NO4S/c1-10(2,3)7-11-5-8(9(12)13)6-16(4,14)15/h8,11H,5-7H2,1-4H3,(H,12,13). The van der Waals surface area contributed by atoms with Crippen molar-refractivity contribution in [1.82, 2.24) is 5.32 Å². The number of carboxylic acids is 1. The molecule has 0 saturated carbocycles. The molecule has 0 aromatic heterocycles. The van der Waals surface area contributed by atoms with E-state index in [1.807, 2.05) is 20.8 Å². The van der Waals surface area contributed by atoms with E-state index in [2.05, 4.69) is 5.32 Å². The van der Waals surface area contributed by atoms with Crippen LogP contribution in [0, 0.1) is 11.3 Å². The van der Waals surface area contributed by atoms with E-state index in [-0.39, 0.29) is 17.7 Å². The van der Waals surface area contributed by atoms with Crippen molar-refractivity contribution in [2.45, 2.75) is 20.8 Å². The van der Waals surface area contributed by atoms with Gasteiger partial charge in [-0.25, -0.2) is 8.42 Å². The van der Waals surface area contributed by atoms with Gasteiger partial charge in [-0.05, 0) is 5.41 Å². The predicted molar refractivity (Wildman–Crippen MR) is 63.2 cm³/mol. The van der Waals surface area contributed by atoms with Crippen molar-refractivity contribution in [3.8, 4) is 0 Å². The molecule has 96 valence electrons. The normalized spacial score (nSPS) is 14.8. The molecule has 16 heavy (non-hydrogen) atoms. The van der Waals surface area contributed by atoms with Gasteiger partial charge in [-0.1, -0.05) is 20.8 Å². The third-order valence-electron chi connectivity index (χ3n) is 1.90. The summed E-state index contributed by atoms with van der Waals surface area (Å²) in [5.41, 5.74) is 0.0497. The van der Waals surface area contributed by atoms with E-state index in [1.54, 1.807) is 0 Å².